The lowest BCUT2D eigenvalue weighted by Gasteiger charge is -2.04. The number of nitriles is 1. The molecule has 1 rings (SSSR count). The van der Waals surface area contributed by atoms with Gasteiger partial charge in [0.1, 0.15) is 5.92 Å². The van der Waals surface area contributed by atoms with Gasteiger partial charge in [0.15, 0.2) is 5.66 Å². The molecule has 0 aliphatic carbocycles. The Morgan fingerprint density at radius 1 is 2.00 bits per heavy atom. The van der Waals surface area contributed by atoms with Crippen molar-refractivity contribution in [3.05, 3.63) is 0 Å². The van der Waals surface area contributed by atoms with Crippen LogP contribution >= 0.6 is 0 Å². The first-order valence-corrected chi connectivity index (χ1v) is 2.89. The molecule has 1 N–H and O–H groups in total. The molecule has 0 saturated heterocycles. The highest BCUT2D eigenvalue weighted by Crippen LogP contribution is 2.33. The fourth-order valence-electron chi connectivity index (χ4n) is 0.615. The molecule has 0 aromatic rings. The Kier molecular flexibility index (Phi) is 0.932. The summed E-state index contributed by atoms with van der Waals surface area (Å²) >= 11 is 0. The van der Waals surface area contributed by atoms with Gasteiger partial charge in [-0.05, 0) is 6.85 Å². The molecule has 1 atom stereocenters. The molecule has 58 valence electrons. The molecule has 0 amide bonds. The average molecular weight is 156 g/mol. The van der Waals surface area contributed by atoms with Crippen LogP contribution in [0.4, 0.5) is 0 Å². The molecule has 0 aromatic carbocycles. The Balaban J connectivity index is 2.70. The maximum absolute atomic E-state index is 10.5. The number of rotatable bonds is 3. The minimum Gasteiger partial charge on any atom is -0.480 e. The number of aliphatic carboxylic acids is 1. The Morgan fingerprint density at radius 2 is 2.64 bits per heavy atom. The van der Waals surface area contributed by atoms with Crippen molar-refractivity contribution < 1.29 is 14.0 Å². The summed E-state index contributed by atoms with van der Waals surface area (Å²) in [4.78, 5) is 10.5. The van der Waals surface area contributed by atoms with Crippen molar-refractivity contribution in [1.82, 2.24) is 0 Å². The van der Waals surface area contributed by atoms with Crippen molar-refractivity contribution >= 4 is 5.97 Å². The smallest absolute Gasteiger partial charge is 0.321 e. The van der Waals surface area contributed by atoms with E-state index in [1.807, 2.05) is 0 Å². The maximum atomic E-state index is 10.5. The van der Waals surface area contributed by atoms with Gasteiger partial charge in [-0.15, -0.1) is 0 Å². The normalized spacial score (nSPS) is 25.5. The Bertz CT molecular complexity index is 324. The van der Waals surface area contributed by atoms with E-state index in [1.54, 1.807) is 0 Å². The number of carboxylic acids is 1. The molecule has 1 unspecified atom stereocenters. The van der Waals surface area contributed by atoms with Crippen LogP contribution in [0.3, 0.4) is 0 Å². The summed E-state index contributed by atoms with van der Waals surface area (Å²) < 4.78 is 21.1. The lowest BCUT2D eigenvalue weighted by atomic mass is 10.0. The van der Waals surface area contributed by atoms with Crippen molar-refractivity contribution in [3.63, 3.8) is 0 Å². The molecule has 0 saturated carbocycles. The lowest BCUT2D eigenvalue weighted by Crippen LogP contribution is -2.19. The number of nitrogens with zero attached hydrogens (tertiary/aromatic N) is 3. The molecule has 0 fully saturated rings. The molecule has 0 radical (unpaired) electrons. The van der Waals surface area contributed by atoms with E-state index in [-0.39, 0.29) is 0 Å². The third kappa shape index (κ3) is 1.74. The standard InChI is InChI=1S/C6H7N3O2/c1-6(8-9-6)2-4(3-7)5(10)11/h4H,2H2,1H3,(H,10,11)/i1D3. The molecular formula is C6H7N3O2. The summed E-state index contributed by atoms with van der Waals surface area (Å²) in [5.41, 5.74) is -1.66. The summed E-state index contributed by atoms with van der Waals surface area (Å²) in [7, 11) is 0. The molecule has 11 heavy (non-hydrogen) atoms. The summed E-state index contributed by atoms with van der Waals surface area (Å²) in [5, 5.41) is 23.6. The highest BCUT2D eigenvalue weighted by atomic mass is 16.4. The molecule has 0 aromatic heterocycles. The molecule has 0 bridgehead atoms. The van der Waals surface area contributed by atoms with Gasteiger partial charge in [0.2, 0.25) is 0 Å². The van der Waals surface area contributed by atoms with E-state index >= 15 is 0 Å². The fraction of sp³-hybridized carbons (Fsp3) is 0.667. The van der Waals surface area contributed by atoms with Crippen LogP contribution in [0.15, 0.2) is 10.2 Å². The third-order valence-electron chi connectivity index (χ3n) is 1.28. The quantitative estimate of drug-likeness (QED) is 0.655. The van der Waals surface area contributed by atoms with Gasteiger partial charge in [0.05, 0.1) is 6.07 Å². The molecule has 5 nitrogen and oxygen atoms in total. The number of carboxylic acid groups (broad SMARTS) is 1. The minimum absolute atomic E-state index is 0.394. The van der Waals surface area contributed by atoms with Gasteiger partial charge in [-0.3, -0.25) is 4.79 Å². The van der Waals surface area contributed by atoms with Crippen LogP contribution in [0.25, 0.3) is 0 Å². The van der Waals surface area contributed by atoms with Crippen LogP contribution in [-0.4, -0.2) is 16.7 Å². The largest absolute Gasteiger partial charge is 0.480 e. The van der Waals surface area contributed by atoms with Crippen molar-refractivity contribution in [1.29, 1.82) is 5.26 Å². The predicted molar refractivity (Wildman–Crippen MR) is 34.6 cm³/mol. The van der Waals surface area contributed by atoms with Gasteiger partial charge >= 0.3 is 5.97 Å². The predicted octanol–water partition coefficient (Wildman–Crippen LogP) is 0.783. The SMILES string of the molecule is [2H]C([2H])([2H])C1(CC(C#N)C(=O)O)N=N1. The highest BCUT2D eigenvalue weighted by molar-refractivity contribution is 5.73. The Hall–Kier alpha value is -1.44. The van der Waals surface area contributed by atoms with E-state index in [4.69, 9.17) is 14.5 Å². The van der Waals surface area contributed by atoms with Gasteiger partial charge in [0.25, 0.3) is 0 Å². The topological polar surface area (TPSA) is 85.8 Å². The number of carbonyl (C=O) groups is 1. The Morgan fingerprint density at radius 3 is 2.91 bits per heavy atom. The molecule has 1 aliphatic heterocycles. The van der Waals surface area contributed by atoms with E-state index < -0.39 is 30.8 Å². The first kappa shape index (κ1) is 4.44. The molecule has 1 aliphatic rings. The van der Waals surface area contributed by atoms with Crippen LogP contribution in [0.1, 0.15) is 17.4 Å². The van der Waals surface area contributed by atoms with Crippen LogP contribution < -0.4 is 0 Å². The minimum atomic E-state index is -2.47. The first-order valence-electron chi connectivity index (χ1n) is 4.39. The summed E-state index contributed by atoms with van der Waals surface area (Å²) in [5.74, 6) is -2.74. The van der Waals surface area contributed by atoms with Gasteiger partial charge < -0.3 is 5.11 Å². The second-order valence-electron chi connectivity index (χ2n) is 2.24. The van der Waals surface area contributed by atoms with Crippen LogP contribution in [-0.2, 0) is 4.79 Å². The highest BCUT2D eigenvalue weighted by Gasteiger charge is 2.39. The van der Waals surface area contributed by atoms with Crippen molar-refractivity contribution in [3.8, 4) is 6.07 Å². The zero-order chi connectivity index (χ0) is 11.0. The zero-order valence-corrected chi connectivity index (χ0v) is 5.48. The average Bonchev–Trinajstić information content (AvgIpc) is 2.78. The van der Waals surface area contributed by atoms with E-state index in [1.165, 1.54) is 6.07 Å². The summed E-state index contributed by atoms with van der Waals surface area (Å²) in [6.45, 7) is -2.47. The van der Waals surface area contributed by atoms with E-state index in [9.17, 15) is 4.79 Å². The Labute approximate surface area is 67.6 Å². The molecule has 0 spiro atoms. The van der Waals surface area contributed by atoms with E-state index in [2.05, 4.69) is 10.2 Å². The fourth-order valence-corrected chi connectivity index (χ4v) is 0.615. The second-order valence-corrected chi connectivity index (χ2v) is 2.24. The van der Waals surface area contributed by atoms with E-state index in [0.717, 1.165) is 0 Å². The lowest BCUT2D eigenvalue weighted by molar-refractivity contribution is -0.140. The third-order valence-corrected chi connectivity index (χ3v) is 1.28. The number of hydrogen-bond donors (Lipinski definition) is 1. The van der Waals surface area contributed by atoms with E-state index in [0.29, 0.717) is 0 Å². The van der Waals surface area contributed by atoms with Crippen molar-refractivity contribution in [2.45, 2.75) is 18.9 Å². The van der Waals surface area contributed by atoms with Gasteiger partial charge in [-0.25, -0.2) is 0 Å². The maximum Gasteiger partial charge on any atom is 0.321 e. The molecular weight excluding hydrogens is 146 g/mol. The van der Waals surface area contributed by atoms with Crippen molar-refractivity contribution in [2.24, 2.45) is 16.1 Å². The van der Waals surface area contributed by atoms with Gasteiger partial charge in [0, 0.05) is 10.5 Å². The van der Waals surface area contributed by atoms with Crippen LogP contribution in [0.2, 0.25) is 0 Å². The monoisotopic (exact) mass is 156 g/mol. The first-order chi connectivity index (χ1) is 6.32. The molecule has 5 heteroatoms. The number of hydrogen-bond acceptors (Lipinski definition) is 4. The summed E-state index contributed by atoms with van der Waals surface area (Å²) in [6.07, 6.45) is -0.394. The van der Waals surface area contributed by atoms with Crippen molar-refractivity contribution in [2.75, 3.05) is 0 Å². The molecule has 1 heterocycles. The second kappa shape index (κ2) is 2.31. The van der Waals surface area contributed by atoms with Crippen LogP contribution in [0, 0.1) is 17.2 Å². The van der Waals surface area contributed by atoms with Gasteiger partial charge in [-0.1, -0.05) is 0 Å². The van der Waals surface area contributed by atoms with Gasteiger partial charge in [-0.2, -0.15) is 15.5 Å². The van der Waals surface area contributed by atoms with Crippen LogP contribution in [0.5, 0.6) is 0 Å². The zero-order valence-electron chi connectivity index (χ0n) is 8.48. The summed E-state index contributed by atoms with van der Waals surface area (Å²) in [6, 6.07) is 1.50.